The second-order valence-corrected chi connectivity index (χ2v) is 3.01. The van der Waals surface area contributed by atoms with Gasteiger partial charge in [-0.15, -0.1) is 0 Å². The van der Waals surface area contributed by atoms with Gasteiger partial charge in [0.25, 0.3) is 0 Å². The Hall–Kier alpha value is -0.720. The van der Waals surface area contributed by atoms with Crippen LogP contribution in [0.4, 0.5) is 0 Å². The first-order chi connectivity index (χ1) is 5.34. The van der Waals surface area contributed by atoms with Gasteiger partial charge in [-0.2, -0.15) is 0 Å². The van der Waals surface area contributed by atoms with E-state index in [0.29, 0.717) is 0 Å². The molecule has 1 nitrogen and oxygen atoms in total. The van der Waals surface area contributed by atoms with Crippen LogP contribution in [0.2, 0.25) is 0 Å². The SMILES string of the molecule is CCCCN1C=CCC=C1C. The molecule has 0 N–H and O–H groups in total. The van der Waals surface area contributed by atoms with E-state index in [1.807, 2.05) is 0 Å². The van der Waals surface area contributed by atoms with Gasteiger partial charge in [0.15, 0.2) is 0 Å². The van der Waals surface area contributed by atoms with E-state index in [-0.39, 0.29) is 0 Å². The molecular formula is C10H17N. The summed E-state index contributed by atoms with van der Waals surface area (Å²) in [6.07, 6.45) is 10.4. The highest BCUT2D eigenvalue weighted by Gasteiger charge is 2.02. The summed E-state index contributed by atoms with van der Waals surface area (Å²) < 4.78 is 0. The fourth-order valence-corrected chi connectivity index (χ4v) is 1.24. The maximum Gasteiger partial charge on any atom is 0.0221 e. The van der Waals surface area contributed by atoms with E-state index in [1.54, 1.807) is 0 Å². The molecule has 0 saturated carbocycles. The molecule has 0 aromatic heterocycles. The molecular weight excluding hydrogens is 134 g/mol. The Bertz CT molecular complexity index is 168. The van der Waals surface area contributed by atoms with Gasteiger partial charge in [-0.25, -0.2) is 0 Å². The van der Waals surface area contributed by atoms with Crippen molar-refractivity contribution in [3.63, 3.8) is 0 Å². The van der Waals surface area contributed by atoms with E-state index >= 15 is 0 Å². The van der Waals surface area contributed by atoms with Crippen LogP contribution in [0.15, 0.2) is 24.0 Å². The monoisotopic (exact) mass is 151 g/mol. The van der Waals surface area contributed by atoms with Gasteiger partial charge in [0, 0.05) is 12.2 Å². The largest absolute Gasteiger partial charge is 0.352 e. The Morgan fingerprint density at radius 2 is 2.36 bits per heavy atom. The van der Waals surface area contributed by atoms with Crippen LogP contribution in [-0.2, 0) is 0 Å². The molecule has 11 heavy (non-hydrogen) atoms. The molecule has 1 rings (SSSR count). The zero-order chi connectivity index (χ0) is 8.10. The second kappa shape index (κ2) is 4.22. The first-order valence-electron chi connectivity index (χ1n) is 4.44. The number of unbranched alkanes of at least 4 members (excludes halogenated alkanes) is 1. The Balaban J connectivity index is 2.36. The van der Waals surface area contributed by atoms with Gasteiger partial charge in [-0.3, -0.25) is 0 Å². The Morgan fingerprint density at radius 1 is 1.55 bits per heavy atom. The summed E-state index contributed by atoms with van der Waals surface area (Å²) in [5.74, 6) is 0. The van der Waals surface area contributed by atoms with Crippen LogP contribution in [0.3, 0.4) is 0 Å². The highest BCUT2D eigenvalue weighted by atomic mass is 15.1. The number of hydrogen-bond donors (Lipinski definition) is 0. The van der Waals surface area contributed by atoms with E-state index in [0.717, 1.165) is 6.42 Å². The number of rotatable bonds is 3. The molecule has 0 spiro atoms. The lowest BCUT2D eigenvalue weighted by atomic mass is 10.2. The van der Waals surface area contributed by atoms with Gasteiger partial charge in [-0.05, 0) is 26.0 Å². The van der Waals surface area contributed by atoms with Crippen molar-refractivity contribution in [1.82, 2.24) is 4.90 Å². The number of allylic oxidation sites excluding steroid dienone is 3. The van der Waals surface area contributed by atoms with Crippen molar-refractivity contribution in [2.45, 2.75) is 33.1 Å². The average molecular weight is 151 g/mol. The minimum Gasteiger partial charge on any atom is -0.352 e. The maximum atomic E-state index is 2.33. The first kappa shape index (κ1) is 8.38. The third kappa shape index (κ3) is 2.41. The van der Waals surface area contributed by atoms with E-state index in [2.05, 4.69) is 37.1 Å². The molecule has 0 aromatic carbocycles. The molecule has 0 aliphatic carbocycles. The average Bonchev–Trinajstić information content (AvgIpc) is 2.03. The zero-order valence-corrected chi connectivity index (χ0v) is 7.51. The van der Waals surface area contributed by atoms with Gasteiger partial charge in [0.1, 0.15) is 0 Å². The fourth-order valence-electron chi connectivity index (χ4n) is 1.24. The van der Waals surface area contributed by atoms with E-state index in [1.165, 1.54) is 25.1 Å². The number of nitrogens with zero attached hydrogens (tertiary/aromatic N) is 1. The van der Waals surface area contributed by atoms with Crippen molar-refractivity contribution >= 4 is 0 Å². The summed E-state index contributed by atoms with van der Waals surface area (Å²) in [6.45, 7) is 5.58. The Morgan fingerprint density at radius 3 is 3.00 bits per heavy atom. The van der Waals surface area contributed by atoms with E-state index in [9.17, 15) is 0 Å². The van der Waals surface area contributed by atoms with Crippen LogP contribution in [-0.4, -0.2) is 11.4 Å². The van der Waals surface area contributed by atoms with Crippen LogP contribution in [0.25, 0.3) is 0 Å². The van der Waals surface area contributed by atoms with Crippen molar-refractivity contribution in [1.29, 1.82) is 0 Å². The van der Waals surface area contributed by atoms with Gasteiger partial charge in [0.05, 0.1) is 0 Å². The van der Waals surface area contributed by atoms with Crippen molar-refractivity contribution in [2.24, 2.45) is 0 Å². The van der Waals surface area contributed by atoms with Crippen LogP contribution in [0, 0.1) is 0 Å². The summed E-state index contributed by atoms with van der Waals surface area (Å²) >= 11 is 0. The lowest BCUT2D eigenvalue weighted by Crippen LogP contribution is -2.17. The fraction of sp³-hybridized carbons (Fsp3) is 0.600. The van der Waals surface area contributed by atoms with Gasteiger partial charge >= 0.3 is 0 Å². The van der Waals surface area contributed by atoms with Gasteiger partial charge in [-0.1, -0.05) is 25.5 Å². The second-order valence-electron chi connectivity index (χ2n) is 3.01. The molecule has 62 valence electrons. The lowest BCUT2D eigenvalue weighted by Gasteiger charge is -2.23. The minimum atomic E-state index is 1.11. The molecule has 0 saturated heterocycles. The van der Waals surface area contributed by atoms with Crippen molar-refractivity contribution < 1.29 is 0 Å². The summed E-state index contributed by atoms with van der Waals surface area (Å²) in [5, 5.41) is 0. The normalized spacial score (nSPS) is 16.9. The highest BCUT2D eigenvalue weighted by Crippen LogP contribution is 2.12. The standard InChI is InChI=1S/C10H17N/c1-3-4-8-11-9-6-5-7-10(11)2/h6-7,9H,3-5,8H2,1-2H3. The van der Waals surface area contributed by atoms with E-state index < -0.39 is 0 Å². The highest BCUT2D eigenvalue weighted by molar-refractivity contribution is 5.10. The number of hydrogen-bond acceptors (Lipinski definition) is 1. The Labute approximate surface area is 69.4 Å². The van der Waals surface area contributed by atoms with E-state index in [4.69, 9.17) is 0 Å². The quantitative estimate of drug-likeness (QED) is 0.599. The van der Waals surface area contributed by atoms with Crippen LogP contribution in [0.1, 0.15) is 33.1 Å². The van der Waals surface area contributed by atoms with Crippen LogP contribution in [0.5, 0.6) is 0 Å². The van der Waals surface area contributed by atoms with Crippen molar-refractivity contribution in [2.75, 3.05) is 6.54 Å². The molecule has 0 radical (unpaired) electrons. The predicted molar refractivity (Wildman–Crippen MR) is 49.1 cm³/mol. The first-order valence-corrected chi connectivity index (χ1v) is 4.44. The maximum absolute atomic E-state index is 2.33. The molecule has 0 fully saturated rings. The van der Waals surface area contributed by atoms with Crippen molar-refractivity contribution in [3.8, 4) is 0 Å². The molecule has 0 unspecified atom stereocenters. The van der Waals surface area contributed by atoms with Gasteiger partial charge in [0.2, 0.25) is 0 Å². The Kier molecular flexibility index (Phi) is 3.21. The third-order valence-electron chi connectivity index (χ3n) is 2.04. The third-order valence-corrected chi connectivity index (χ3v) is 2.04. The van der Waals surface area contributed by atoms with Crippen molar-refractivity contribution in [3.05, 3.63) is 24.0 Å². The molecule has 1 heterocycles. The van der Waals surface area contributed by atoms with Crippen LogP contribution < -0.4 is 0 Å². The topological polar surface area (TPSA) is 3.24 Å². The molecule has 0 aromatic rings. The minimum absolute atomic E-state index is 1.11. The zero-order valence-electron chi connectivity index (χ0n) is 7.51. The lowest BCUT2D eigenvalue weighted by molar-refractivity contribution is 0.442. The predicted octanol–water partition coefficient (Wildman–Crippen LogP) is 2.91. The molecule has 0 bridgehead atoms. The summed E-state index contributed by atoms with van der Waals surface area (Å²) in [6, 6.07) is 0. The molecule has 1 aliphatic rings. The summed E-state index contributed by atoms with van der Waals surface area (Å²) in [5.41, 5.74) is 1.40. The summed E-state index contributed by atoms with van der Waals surface area (Å²) in [7, 11) is 0. The summed E-state index contributed by atoms with van der Waals surface area (Å²) in [4.78, 5) is 2.33. The molecule has 1 heteroatoms. The molecule has 0 amide bonds. The smallest absolute Gasteiger partial charge is 0.0221 e. The molecule has 1 aliphatic heterocycles. The van der Waals surface area contributed by atoms with Gasteiger partial charge < -0.3 is 4.90 Å². The van der Waals surface area contributed by atoms with Crippen LogP contribution >= 0.6 is 0 Å². The molecule has 0 atom stereocenters.